The standard InChI is InChI=1S/C11H22N2/c1-4-11(5-2)10(3)13-9-7-6-8-12/h10-11,13H,4-7,9H2,1-3H3. The molecule has 0 amide bonds. The first-order valence-electron chi connectivity index (χ1n) is 5.36. The quantitative estimate of drug-likeness (QED) is 0.614. The van der Waals surface area contributed by atoms with Crippen molar-refractivity contribution in [2.45, 2.75) is 52.5 Å². The van der Waals surface area contributed by atoms with Crippen molar-refractivity contribution in [2.75, 3.05) is 6.54 Å². The highest BCUT2D eigenvalue weighted by atomic mass is 14.9. The second-order valence-electron chi connectivity index (χ2n) is 3.58. The lowest BCUT2D eigenvalue weighted by Crippen LogP contribution is -2.33. The summed E-state index contributed by atoms with van der Waals surface area (Å²) in [5, 5.41) is 11.8. The Morgan fingerprint density at radius 3 is 2.38 bits per heavy atom. The molecule has 0 aromatic rings. The van der Waals surface area contributed by atoms with E-state index in [2.05, 4.69) is 32.2 Å². The van der Waals surface area contributed by atoms with Crippen molar-refractivity contribution in [1.29, 1.82) is 5.26 Å². The Kier molecular flexibility index (Phi) is 7.73. The molecule has 0 saturated carbocycles. The van der Waals surface area contributed by atoms with Crippen molar-refractivity contribution in [3.63, 3.8) is 0 Å². The van der Waals surface area contributed by atoms with Gasteiger partial charge in [0.25, 0.3) is 0 Å². The average molecular weight is 182 g/mol. The van der Waals surface area contributed by atoms with Crippen molar-refractivity contribution in [3.8, 4) is 6.07 Å². The van der Waals surface area contributed by atoms with Crippen LogP contribution in [0.15, 0.2) is 0 Å². The molecule has 2 nitrogen and oxygen atoms in total. The Bertz CT molecular complexity index is 145. The van der Waals surface area contributed by atoms with Gasteiger partial charge >= 0.3 is 0 Å². The van der Waals surface area contributed by atoms with Crippen LogP contribution in [-0.4, -0.2) is 12.6 Å². The van der Waals surface area contributed by atoms with Crippen molar-refractivity contribution >= 4 is 0 Å². The van der Waals surface area contributed by atoms with Gasteiger partial charge in [-0.05, 0) is 25.8 Å². The minimum atomic E-state index is 0.591. The van der Waals surface area contributed by atoms with Crippen LogP contribution in [0.1, 0.15) is 46.5 Å². The van der Waals surface area contributed by atoms with E-state index in [0.717, 1.165) is 18.9 Å². The minimum Gasteiger partial charge on any atom is -0.314 e. The molecule has 0 fully saturated rings. The van der Waals surface area contributed by atoms with Crippen LogP contribution in [0.25, 0.3) is 0 Å². The molecule has 0 bridgehead atoms. The lowest BCUT2D eigenvalue weighted by Gasteiger charge is -2.22. The van der Waals surface area contributed by atoms with E-state index in [9.17, 15) is 0 Å². The molecule has 1 N–H and O–H groups in total. The summed E-state index contributed by atoms with van der Waals surface area (Å²) in [4.78, 5) is 0. The van der Waals surface area contributed by atoms with E-state index in [4.69, 9.17) is 5.26 Å². The summed E-state index contributed by atoms with van der Waals surface area (Å²) in [6.45, 7) is 7.69. The molecule has 2 heteroatoms. The van der Waals surface area contributed by atoms with E-state index in [0.29, 0.717) is 12.5 Å². The number of hydrogen-bond acceptors (Lipinski definition) is 2. The van der Waals surface area contributed by atoms with Gasteiger partial charge in [-0.2, -0.15) is 5.26 Å². The van der Waals surface area contributed by atoms with E-state index >= 15 is 0 Å². The van der Waals surface area contributed by atoms with Gasteiger partial charge in [-0.15, -0.1) is 0 Å². The third-order valence-corrected chi connectivity index (χ3v) is 2.69. The fraction of sp³-hybridized carbons (Fsp3) is 0.909. The van der Waals surface area contributed by atoms with Crippen molar-refractivity contribution in [2.24, 2.45) is 5.92 Å². The fourth-order valence-electron chi connectivity index (χ4n) is 1.66. The van der Waals surface area contributed by atoms with E-state index in [1.807, 2.05) is 0 Å². The predicted octanol–water partition coefficient (Wildman–Crippen LogP) is 2.70. The Labute approximate surface area is 82.3 Å². The first-order chi connectivity index (χ1) is 6.26. The smallest absolute Gasteiger partial charge is 0.0622 e. The zero-order valence-corrected chi connectivity index (χ0v) is 9.14. The molecule has 0 saturated heterocycles. The fourth-order valence-corrected chi connectivity index (χ4v) is 1.66. The molecule has 0 aromatic heterocycles. The van der Waals surface area contributed by atoms with Gasteiger partial charge in [0.05, 0.1) is 6.07 Å². The summed E-state index contributed by atoms with van der Waals surface area (Å²) in [6, 6.07) is 2.75. The topological polar surface area (TPSA) is 35.8 Å². The molecule has 13 heavy (non-hydrogen) atoms. The molecule has 0 radical (unpaired) electrons. The highest BCUT2D eigenvalue weighted by Gasteiger charge is 2.11. The molecule has 1 unspecified atom stereocenters. The lowest BCUT2D eigenvalue weighted by molar-refractivity contribution is 0.354. The number of nitrogens with one attached hydrogen (secondary N) is 1. The maximum atomic E-state index is 8.36. The van der Waals surface area contributed by atoms with Crippen molar-refractivity contribution in [1.82, 2.24) is 5.32 Å². The first kappa shape index (κ1) is 12.4. The molecule has 0 aliphatic carbocycles. The van der Waals surface area contributed by atoms with Crippen LogP contribution in [0.4, 0.5) is 0 Å². The minimum absolute atomic E-state index is 0.591. The highest BCUT2D eigenvalue weighted by molar-refractivity contribution is 4.73. The molecule has 1 atom stereocenters. The lowest BCUT2D eigenvalue weighted by atomic mass is 9.95. The number of unbranched alkanes of at least 4 members (excludes halogenated alkanes) is 1. The van der Waals surface area contributed by atoms with Crippen molar-refractivity contribution < 1.29 is 0 Å². The molecular weight excluding hydrogens is 160 g/mol. The summed E-state index contributed by atoms with van der Waals surface area (Å²) in [7, 11) is 0. The highest BCUT2D eigenvalue weighted by Crippen LogP contribution is 2.12. The van der Waals surface area contributed by atoms with Gasteiger partial charge in [-0.25, -0.2) is 0 Å². The Hall–Kier alpha value is -0.550. The zero-order chi connectivity index (χ0) is 10.1. The van der Waals surface area contributed by atoms with Crippen LogP contribution in [0.2, 0.25) is 0 Å². The Morgan fingerprint density at radius 1 is 1.31 bits per heavy atom. The number of rotatable bonds is 7. The van der Waals surface area contributed by atoms with Crippen molar-refractivity contribution in [3.05, 3.63) is 0 Å². The predicted molar refractivity (Wildman–Crippen MR) is 56.4 cm³/mol. The molecule has 0 aliphatic rings. The molecule has 0 rings (SSSR count). The molecule has 0 spiro atoms. The van der Waals surface area contributed by atoms with E-state index in [-0.39, 0.29) is 0 Å². The third kappa shape index (κ3) is 5.65. The molecular formula is C11H22N2. The Morgan fingerprint density at radius 2 is 1.92 bits per heavy atom. The van der Waals surface area contributed by atoms with E-state index < -0.39 is 0 Å². The normalized spacial score (nSPS) is 12.8. The van der Waals surface area contributed by atoms with Crippen LogP contribution in [0.3, 0.4) is 0 Å². The van der Waals surface area contributed by atoms with E-state index in [1.54, 1.807) is 0 Å². The average Bonchev–Trinajstić information content (AvgIpc) is 2.14. The molecule has 0 aliphatic heterocycles. The largest absolute Gasteiger partial charge is 0.314 e. The number of nitriles is 1. The monoisotopic (exact) mass is 182 g/mol. The van der Waals surface area contributed by atoms with Crippen LogP contribution >= 0.6 is 0 Å². The van der Waals surface area contributed by atoms with Crippen LogP contribution < -0.4 is 5.32 Å². The van der Waals surface area contributed by atoms with Crippen LogP contribution in [0.5, 0.6) is 0 Å². The summed E-state index contributed by atoms with van der Waals surface area (Å²) in [5.74, 6) is 0.780. The SMILES string of the molecule is CCC(CC)C(C)NCCCC#N. The van der Waals surface area contributed by atoms with Crippen LogP contribution in [-0.2, 0) is 0 Å². The van der Waals surface area contributed by atoms with Gasteiger partial charge in [0.1, 0.15) is 0 Å². The van der Waals surface area contributed by atoms with E-state index in [1.165, 1.54) is 12.8 Å². The molecule has 76 valence electrons. The summed E-state index contributed by atoms with van der Waals surface area (Å²) < 4.78 is 0. The maximum Gasteiger partial charge on any atom is 0.0622 e. The van der Waals surface area contributed by atoms with Gasteiger partial charge in [0.15, 0.2) is 0 Å². The maximum absolute atomic E-state index is 8.36. The first-order valence-corrected chi connectivity index (χ1v) is 5.36. The Balaban J connectivity index is 3.49. The van der Waals surface area contributed by atoms with Gasteiger partial charge in [0.2, 0.25) is 0 Å². The zero-order valence-electron chi connectivity index (χ0n) is 9.14. The second-order valence-corrected chi connectivity index (χ2v) is 3.58. The molecule has 0 aromatic carbocycles. The summed E-state index contributed by atoms with van der Waals surface area (Å²) in [5.41, 5.74) is 0. The molecule has 0 heterocycles. The van der Waals surface area contributed by atoms with Crippen LogP contribution in [0, 0.1) is 17.2 Å². The van der Waals surface area contributed by atoms with Gasteiger partial charge in [-0.3, -0.25) is 0 Å². The van der Waals surface area contributed by atoms with Gasteiger partial charge < -0.3 is 5.32 Å². The number of nitrogens with zero attached hydrogens (tertiary/aromatic N) is 1. The summed E-state index contributed by atoms with van der Waals surface area (Å²) >= 11 is 0. The third-order valence-electron chi connectivity index (χ3n) is 2.69. The summed E-state index contributed by atoms with van der Waals surface area (Å²) in [6.07, 6.45) is 4.12. The van der Waals surface area contributed by atoms with Gasteiger partial charge in [-0.1, -0.05) is 26.7 Å². The second kappa shape index (κ2) is 8.07. The number of hydrogen-bond donors (Lipinski definition) is 1. The van der Waals surface area contributed by atoms with Gasteiger partial charge in [0, 0.05) is 12.5 Å².